The minimum absolute atomic E-state index is 0.642. The van der Waals surface area contributed by atoms with Gasteiger partial charge in [0, 0.05) is 0 Å². The number of imidazole rings is 2. The molecule has 0 aliphatic rings. The van der Waals surface area contributed by atoms with Gasteiger partial charge in [-0.1, -0.05) is 6.92 Å². The summed E-state index contributed by atoms with van der Waals surface area (Å²) < 4.78 is 20.4. The SMILES string of the molecule is CCc1cc(OCCn2cc[n+](C)c2)c(C)cc1OCCn1cc[n+](C)c1. The van der Waals surface area contributed by atoms with Crippen LogP contribution in [0.1, 0.15) is 18.1 Å². The van der Waals surface area contributed by atoms with E-state index in [0.29, 0.717) is 13.2 Å². The van der Waals surface area contributed by atoms with Gasteiger partial charge in [-0.2, -0.15) is 0 Å². The molecule has 0 fully saturated rings. The highest BCUT2D eigenvalue weighted by atomic mass is 16.5. The molecule has 144 valence electrons. The Morgan fingerprint density at radius 3 is 1.89 bits per heavy atom. The Kier molecular flexibility index (Phi) is 6.16. The highest BCUT2D eigenvalue weighted by Gasteiger charge is 2.10. The van der Waals surface area contributed by atoms with E-state index >= 15 is 0 Å². The number of nitrogens with zero attached hydrogens (tertiary/aromatic N) is 4. The first kappa shape index (κ1) is 19.0. The van der Waals surface area contributed by atoms with Crippen molar-refractivity contribution < 1.29 is 18.6 Å². The summed E-state index contributed by atoms with van der Waals surface area (Å²) in [6.45, 7) is 7.16. The molecule has 0 spiro atoms. The van der Waals surface area contributed by atoms with Crippen molar-refractivity contribution in [1.29, 1.82) is 0 Å². The van der Waals surface area contributed by atoms with Crippen molar-refractivity contribution >= 4 is 0 Å². The number of aromatic nitrogens is 4. The number of rotatable bonds is 9. The van der Waals surface area contributed by atoms with Gasteiger partial charge in [-0.05, 0) is 36.6 Å². The molecule has 0 atom stereocenters. The average Bonchev–Trinajstić information content (AvgIpc) is 3.25. The van der Waals surface area contributed by atoms with Crippen molar-refractivity contribution in [3.63, 3.8) is 0 Å². The molecular weight excluding hydrogens is 340 g/mol. The van der Waals surface area contributed by atoms with Gasteiger partial charge in [-0.25, -0.2) is 18.3 Å². The predicted octanol–water partition coefficient (Wildman–Crippen LogP) is 1.97. The number of hydrogen-bond donors (Lipinski definition) is 0. The van der Waals surface area contributed by atoms with E-state index in [1.807, 2.05) is 35.6 Å². The Bertz CT molecular complexity index is 882. The Morgan fingerprint density at radius 2 is 1.41 bits per heavy atom. The van der Waals surface area contributed by atoms with Gasteiger partial charge in [0.15, 0.2) is 0 Å². The van der Waals surface area contributed by atoms with Crippen LogP contribution in [0.4, 0.5) is 0 Å². The van der Waals surface area contributed by atoms with E-state index in [1.165, 1.54) is 5.56 Å². The zero-order valence-corrected chi connectivity index (χ0v) is 16.8. The van der Waals surface area contributed by atoms with Crippen molar-refractivity contribution in [1.82, 2.24) is 9.13 Å². The third kappa shape index (κ3) is 5.12. The van der Waals surface area contributed by atoms with E-state index in [4.69, 9.17) is 9.47 Å². The topological polar surface area (TPSA) is 36.1 Å². The van der Waals surface area contributed by atoms with Gasteiger partial charge in [0.2, 0.25) is 12.7 Å². The highest BCUT2D eigenvalue weighted by Crippen LogP contribution is 2.29. The number of aryl methyl sites for hydroxylation is 4. The summed E-state index contributed by atoms with van der Waals surface area (Å²) in [6.07, 6.45) is 13.2. The minimum Gasteiger partial charge on any atom is -0.489 e. The van der Waals surface area contributed by atoms with Crippen LogP contribution in [0.2, 0.25) is 0 Å². The second-order valence-corrected chi connectivity index (χ2v) is 6.91. The molecule has 2 aromatic heterocycles. The summed E-state index contributed by atoms with van der Waals surface area (Å²) in [7, 11) is 4.04. The first-order valence-electron chi connectivity index (χ1n) is 9.46. The number of hydrogen-bond acceptors (Lipinski definition) is 2. The highest BCUT2D eigenvalue weighted by molar-refractivity contribution is 5.46. The summed E-state index contributed by atoms with van der Waals surface area (Å²) in [6, 6.07) is 4.22. The van der Waals surface area contributed by atoms with Crippen LogP contribution in [0.3, 0.4) is 0 Å². The second-order valence-electron chi connectivity index (χ2n) is 6.91. The van der Waals surface area contributed by atoms with Crippen molar-refractivity contribution in [2.24, 2.45) is 14.1 Å². The first-order valence-corrected chi connectivity index (χ1v) is 9.46. The normalized spacial score (nSPS) is 11.0. The van der Waals surface area contributed by atoms with E-state index in [9.17, 15) is 0 Å². The Morgan fingerprint density at radius 1 is 0.852 bits per heavy atom. The van der Waals surface area contributed by atoms with Crippen LogP contribution in [-0.4, -0.2) is 22.3 Å². The Balaban J connectivity index is 1.58. The van der Waals surface area contributed by atoms with E-state index in [2.05, 4.69) is 60.2 Å². The van der Waals surface area contributed by atoms with Gasteiger partial charge in [0.25, 0.3) is 0 Å². The molecule has 0 saturated carbocycles. The van der Waals surface area contributed by atoms with Gasteiger partial charge in [-0.3, -0.25) is 0 Å². The van der Waals surface area contributed by atoms with Crippen molar-refractivity contribution in [2.75, 3.05) is 13.2 Å². The maximum Gasteiger partial charge on any atom is 0.243 e. The lowest BCUT2D eigenvalue weighted by atomic mass is 10.1. The predicted molar refractivity (Wildman–Crippen MR) is 103 cm³/mol. The average molecular weight is 370 g/mol. The molecule has 2 heterocycles. The Labute approximate surface area is 161 Å². The van der Waals surface area contributed by atoms with Gasteiger partial charge >= 0.3 is 0 Å². The van der Waals surface area contributed by atoms with E-state index in [1.54, 1.807) is 0 Å². The summed E-state index contributed by atoms with van der Waals surface area (Å²) in [4.78, 5) is 0. The van der Waals surface area contributed by atoms with Crippen molar-refractivity contribution in [3.05, 3.63) is 60.7 Å². The van der Waals surface area contributed by atoms with Crippen LogP contribution in [0.15, 0.2) is 49.6 Å². The zero-order valence-electron chi connectivity index (χ0n) is 16.8. The smallest absolute Gasteiger partial charge is 0.243 e. The molecule has 0 saturated heterocycles. The molecule has 3 aromatic rings. The largest absolute Gasteiger partial charge is 0.489 e. The summed E-state index contributed by atoms with van der Waals surface area (Å²) >= 11 is 0. The number of benzene rings is 1. The fourth-order valence-electron chi connectivity index (χ4n) is 3.06. The fraction of sp³-hybridized carbons (Fsp3) is 0.429. The van der Waals surface area contributed by atoms with Gasteiger partial charge in [-0.15, -0.1) is 0 Å². The fourth-order valence-corrected chi connectivity index (χ4v) is 3.06. The third-order valence-electron chi connectivity index (χ3n) is 4.60. The lowest BCUT2D eigenvalue weighted by molar-refractivity contribution is -0.671. The standard InChI is InChI=1S/C21H30N4O2/c1-5-19-15-20(26-12-10-24-8-6-22(3)16-24)18(2)14-21(19)27-13-11-25-9-7-23(4)17-25/h6-9,14-17H,5,10-13H2,1-4H3/q+2. The van der Waals surface area contributed by atoms with Crippen LogP contribution >= 0.6 is 0 Å². The lowest BCUT2D eigenvalue weighted by Gasteiger charge is -2.15. The quantitative estimate of drug-likeness (QED) is 0.540. The van der Waals surface area contributed by atoms with Crippen LogP contribution in [0, 0.1) is 6.92 Å². The zero-order chi connectivity index (χ0) is 19.2. The van der Waals surface area contributed by atoms with Crippen LogP contribution in [0.5, 0.6) is 11.5 Å². The molecule has 1 aromatic carbocycles. The lowest BCUT2D eigenvalue weighted by Crippen LogP contribution is -2.24. The van der Waals surface area contributed by atoms with Gasteiger partial charge in [0.1, 0.15) is 62.6 Å². The van der Waals surface area contributed by atoms with Crippen LogP contribution in [-0.2, 0) is 33.6 Å². The van der Waals surface area contributed by atoms with Crippen LogP contribution in [0.25, 0.3) is 0 Å². The summed E-state index contributed by atoms with van der Waals surface area (Å²) in [5.74, 6) is 1.89. The van der Waals surface area contributed by atoms with E-state index in [-0.39, 0.29) is 0 Å². The van der Waals surface area contributed by atoms with E-state index in [0.717, 1.165) is 36.6 Å². The second kappa shape index (κ2) is 8.75. The van der Waals surface area contributed by atoms with Gasteiger partial charge in [0.05, 0.1) is 14.1 Å². The minimum atomic E-state index is 0.642. The van der Waals surface area contributed by atoms with Crippen molar-refractivity contribution in [3.8, 4) is 11.5 Å². The maximum atomic E-state index is 6.06. The van der Waals surface area contributed by atoms with E-state index < -0.39 is 0 Å². The molecule has 0 radical (unpaired) electrons. The number of ether oxygens (including phenoxy) is 2. The molecule has 0 unspecified atom stereocenters. The third-order valence-corrected chi connectivity index (χ3v) is 4.60. The molecule has 0 N–H and O–H groups in total. The monoisotopic (exact) mass is 370 g/mol. The maximum absolute atomic E-state index is 6.06. The molecule has 0 amide bonds. The first-order chi connectivity index (χ1) is 13.0. The Hall–Kier alpha value is -2.76. The molecular formula is C21H30N4O2+2. The molecule has 0 aliphatic heterocycles. The van der Waals surface area contributed by atoms with Crippen molar-refractivity contribution in [2.45, 2.75) is 33.4 Å². The van der Waals surface area contributed by atoms with Gasteiger partial charge < -0.3 is 9.47 Å². The molecule has 3 rings (SSSR count). The molecule has 27 heavy (non-hydrogen) atoms. The summed E-state index contributed by atoms with van der Waals surface area (Å²) in [5, 5.41) is 0. The molecule has 0 aliphatic carbocycles. The summed E-state index contributed by atoms with van der Waals surface area (Å²) in [5.41, 5.74) is 2.29. The molecule has 6 heteroatoms. The molecule has 0 bridgehead atoms. The van der Waals surface area contributed by atoms with Crippen LogP contribution < -0.4 is 18.6 Å². The molecule has 6 nitrogen and oxygen atoms in total.